The molecule has 2 aromatic rings. The highest BCUT2D eigenvalue weighted by atomic mass is 16.3. The van der Waals surface area contributed by atoms with Gasteiger partial charge < -0.3 is 9.73 Å². The molecule has 0 radical (unpaired) electrons. The van der Waals surface area contributed by atoms with Crippen molar-refractivity contribution in [3.05, 3.63) is 59.0 Å². The molecule has 1 N–H and O–H groups in total. The van der Waals surface area contributed by atoms with E-state index in [0.717, 1.165) is 16.7 Å². The summed E-state index contributed by atoms with van der Waals surface area (Å²) in [6.45, 7) is 2.17. The summed E-state index contributed by atoms with van der Waals surface area (Å²) in [5.41, 5.74) is 1.03. The fraction of sp³-hybridized carbons (Fsp3) is 0.435. The maximum absolute atomic E-state index is 12.8. The van der Waals surface area contributed by atoms with Gasteiger partial charge in [-0.15, -0.1) is 0 Å². The summed E-state index contributed by atoms with van der Waals surface area (Å²) in [6, 6.07) is 8.30. The molecule has 2 aliphatic carbocycles. The molecule has 1 aromatic heterocycles. The predicted octanol–water partition coefficient (Wildman–Crippen LogP) is 3.63. The SMILES string of the molecule is CC(NC(=O)c1ccc2c(c1)C(=O)N(Cc1ccco1)C2=O)C1CC2CCC1C2. The third-order valence-electron chi connectivity index (χ3n) is 6.92. The number of carbonyl (C=O) groups is 3. The van der Waals surface area contributed by atoms with Gasteiger partial charge in [0.05, 0.1) is 23.9 Å². The number of hydrogen-bond acceptors (Lipinski definition) is 4. The number of nitrogens with one attached hydrogen (secondary N) is 1. The molecular weight excluding hydrogens is 368 g/mol. The van der Waals surface area contributed by atoms with E-state index >= 15 is 0 Å². The van der Waals surface area contributed by atoms with Crippen molar-refractivity contribution in [1.29, 1.82) is 0 Å². The number of nitrogens with zero attached hydrogens (tertiary/aromatic N) is 1. The Morgan fingerprint density at radius 2 is 2.00 bits per heavy atom. The van der Waals surface area contributed by atoms with Crippen molar-refractivity contribution in [1.82, 2.24) is 10.2 Å². The van der Waals surface area contributed by atoms with E-state index in [4.69, 9.17) is 4.42 Å². The molecular formula is C23H24N2O4. The number of hydrogen-bond donors (Lipinski definition) is 1. The fourth-order valence-electron chi connectivity index (χ4n) is 5.44. The van der Waals surface area contributed by atoms with E-state index < -0.39 is 5.91 Å². The summed E-state index contributed by atoms with van der Waals surface area (Å²) in [6.07, 6.45) is 6.61. The topological polar surface area (TPSA) is 79.6 Å². The summed E-state index contributed by atoms with van der Waals surface area (Å²) in [4.78, 5) is 39.3. The Bertz CT molecular complexity index is 981. The zero-order chi connectivity index (χ0) is 20.1. The fourth-order valence-corrected chi connectivity index (χ4v) is 5.44. The van der Waals surface area contributed by atoms with Crippen LogP contribution in [-0.2, 0) is 6.54 Å². The zero-order valence-corrected chi connectivity index (χ0v) is 16.4. The van der Waals surface area contributed by atoms with Gasteiger partial charge in [0.25, 0.3) is 17.7 Å². The maximum atomic E-state index is 12.8. The summed E-state index contributed by atoms with van der Waals surface area (Å²) in [7, 11) is 0. The maximum Gasteiger partial charge on any atom is 0.261 e. The minimum atomic E-state index is -0.391. The molecule has 29 heavy (non-hydrogen) atoms. The van der Waals surface area contributed by atoms with Crippen LogP contribution < -0.4 is 5.32 Å². The van der Waals surface area contributed by atoms with Crippen LogP contribution >= 0.6 is 0 Å². The standard InChI is InChI=1S/C23H24N2O4/c1-13(19-10-14-4-5-15(19)9-14)24-21(26)16-6-7-18-20(11-16)23(28)25(22(18)27)12-17-3-2-8-29-17/h2-3,6-8,11,13-15,19H,4-5,9-10,12H2,1H3,(H,24,26). The third-order valence-corrected chi connectivity index (χ3v) is 6.92. The molecule has 1 aromatic carbocycles. The van der Waals surface area contributed by atoms with Crippen LogP contribution in [0.15, 0.2) is 41.0 Å². The van der Waals surface area contributed by atoms with Crippen LogP contribution in [0.3, 0.4) is 0 Å². The van der Waals surface area contributed by atoms with Gasteiger partial charge in [0, 0.05) is 11.6 Å². The Kier molecular flexibility index (Phi) is 4.30. The first-order valence-corrected chi connectivity index (χ1v) is 10.3. The largest absolute Gasteiger partial charge is 0.467 e. The van der Waals surface area contributed by atoms with Gasteiger partial charge in [-0.05, 0) is 74.3 Å². The highest BCUT2D eigenvalue weighted by molar-refractivity contribution is 6.22. The second-order valence-electron chi connectivity index (χ2n) is 8.64. The Hall–Kier alpha value is -2.89. The van der Waals surface area contributed by atoms with Crippen molar-refractivity contribution in [3.8, 4) is 0 Å². The van der Waals surface area contributed by atoms with E-state index in [1.165, 1.54) is 31.9 Å². The lowest BCUT2D eigenvalue weighted by atomic mass is 9.84. The first-order valence-electron chi connectivity index (χ1n) is 10.3. The van der Waals surface area contributed by atoms with Gasteiger partial charge >= 0.3 is 0 Å². The average Bonchev–Trinajstić information content (AvgIpc) is 3.51. The smallest absolute Gasteiger partial charge is 0.261 e. The number of furan rings is 1. The molecule has 6 heteroatoms. The Morgan fingerprint density at radius 1 is 1.17 bits per heavy atom. The molecule has 5 rings (SSSR count). The first kappa shape index (κ1) is 18.2. The van der Waals surface area contributed by atoms with Gasteiger partial charge in [-0.2, -0.15) is 0 Å². The second-order valence-corrected chi connectivity index (χ2v) is 8.64. The molecule has 3 amide bonds. The van der Waals surface area contributed by atoms with Crippen molar-refractivity contribution in [3.63, 3.8) is 0 Å². The predicted molar refractivity (Wildman–Crippen MR) is 105 cm³/mol. The third kappa shape index (κ3) is 3.07. The van der Waals surface area contributed by atoms with E-state index in [-0.39, 0.29) is 30.0 Å². The molecule has 4 atom stereocenters. The summed E-state index contributed by atoms with van der Waals surface area (Å²) in [5, 5.41) is 3.12. The molecule has 4 unspecified atom stereocenters. The average molecular weight is 392 g/mol. The van der Waals surface area contributed by atoms with Crippen molar-refractivity contribution in [2.75, 3.05) is 0 Å². The Balaban J connectivity index is 1.31. The van der Waals surface area contributed by atoms with Crippen LogP contribution in [0.2, 0.25) is 0 Å². The Morgan fingerprint density at radius 3 is 2.69 bits per heavy atom. The normalized spacial score (nSPS) is 26.1. The van der Waals surface area contributed by atoms with E-state index in [0.29, 0.717) is 22.8 Å². The van der Waals surface area contributed by atoms with E-state index in [2.05, 4.69) is 12.2 Å². The first-order chi connectivity index (χ1) is 14.0. The number of imide groups is 1. The molecule has 2 bridgehead atoms. The molecule has 0 spiro atoms. The van der Waals surface area contributed by atoms with Crippen LogP contribution in [0.1, 0.15) is 69.4 Å². The van der Waals surface area contributed by atoms with Crippen LogP contribution in [0.4, 0.5) is 0 Å². The molecule has 2 heterocycles. The highest BCUT2D eigenvalue weighted by Gasteiger charge is 2.42. The van der Waals surface area contributed by atoms with Crippen molar-refractivity contribution < 1.29 is 18.8 Å². The Labute approximate surface area is 169 Å². The van der Waals surface area contributed by atoms with Crippen LogP contribution in [0.25, 0.3) is 0 Å². The number of fused-ring (bicyclic) bond motifs is 3. The van der Waals surface area contributed by atoms with Crippen molar-refractivity contribution >= 4 is 17.7 Å². The molecule has 6 nitrogen and oxygen atoms in total. The van der Waals surface area contributed by atoms with Gasteiger partial charge in [-0.3, -0.25) is 19.3 Å². The number of carbonyl (C=O) groups excluding carboxylic acids is 3. The molecule has 3 aliphatic rings. The van der Waals surface area contributed by atoms with Crippen molar-refractivity contribution in [2.24, 2.45) is 17.8 Å². The van der Waals surface area contributed by atoms with E-state index in [1.807, 2.05) is 0 Å². The van der Waals surface area contributed by atoms with Crippen LogP contribution in [0.5, 0.6) is 0 Å². The van der Waals surface area contributed by atoms with Gasteiger partial charge in [0.2, 0.25) is 0 Å². The minimum absolute atomic E-state index is 0.0855. The molecule has 2 saturated carbocycles. The van der Waals surface area contributed by atoms with Crippen LogP contribution in [0, 0.1) is 17.8 Å². The van der Waals surface area contributed by atoms with E-state index in [1.54, 1.807) is 30.3 Å². The summed E-state index contributed by atoms with van der Waals surface area (Å²) < 4.78 is 5.26. The van der Waals surface area contributed by atoms with Crippen molar-refractivity contribution in [2.45, 2.75) is 45.2 Å². The molecule has 1 aliphatic heterocycles. The summed E-state index contributed by atoms with van der Waals surface area (Å²) in [5.74, 6) is 1.70. The number of benzene rings is 1. The number of rotatable bonds is 5. The van der Waals surface area contributed by atoms with E-state index in [9.17, 15) is 14.4 Å². The monoisotopic (exact) mass is 392 g/mol. The quantitative estimate of drug-likeness (QED) is 0.788. The molecule has 150 valence electrons. The lowest BCUT2D eigenvalue weighted by Crippen LogP contribution is -2.40. The summed E-state index contributed by atoms with van der Waals surface area (Å²) >= 11 is 0. The van der Waals surface area contributed by atoms with Gasteiger partial charge in [0.15, 0.2) is 0 Å². The van der Waals surface area contributed by atoms with Gasteiger partial charge in [0.1, 0.15) is 5.76 Å². The minimum Gasteiger partial charge on any atom is -0.467 e. The van der Waals surface area contributed by atoms with Crippen LogP contribution in [-0.4, -0.2) is 28.7 Å². The number of amides is 3. The zero-order valence-electron chi connectivity index (χ0n) is 16.4. The molecule has 2 fully saturated rings. The van der Waals surface area contributed by atoms with Gasteiger partial charge in [-0.1, -0.05) is 6.42 Å². The molecule has 0 saturated heterocycles. The lowest BCUT2D eigenvalue weighted by Gasteiger charge is -2.28. The van der Waals surface area contributed by atoms with Gasteiger partial charge in [-0.25, -0.2) is 0 Å². The second kappa shape index (κ2) is 6.87. The lowest BCUT2D eigenvalue weighted by molar-refractivity contribution is 0.0631. The highest BCUT2D eigenvalue weighted by Crippen LogP contribution is 2.49.